The second-order valence-corrected chi connectivity index (χ2v) is 8.14. The van der Waals surface area contributed by atoms with E-state index >= 15 is 0 Å². The average Bonchev–Trinajstić information content (AvgIpc) is 2.65. The monoisotopic (exact) mass is 406 g/mol. The van der Waals surface area contributed by atoms with Crippen molar-refractivity contribution in [3.8, 4) is 0 Å². The van der Waals surface area contributed by atoms with Crippen LogP contribution in [0.15, 0.2) is 60.0 Å². The second kappa shape index (κ2) is 9.58. The van der Waals surface area contributed by atoms with E-state index in [0.717, 1.165) is 24.8 Å². The molecular weight excluding hydrogens is 384 g/mol. The highest BCUT2D eigenvalue weighted by Crippen LogP contribution is 2.23. The van der Waals surface area contributed by atoms with Gasteiger partial charge in [0.05, 0.1) is 15.5 Å². The van der Waals surface area contributed by atoms with Gasteiger partial charge in [-0.15, -0.1) is 6.58 Å². The number of amides is 1. The van der Waals surface area contributed by atoms with E-state index in [4.69, 9.17) is 11.6 Å². The molecule has 0 spiro atoms. The first-order chi connectivity index (χ1) is 12.9. The Bertz CT molecular complexity index is 909. The minimum absolute atomic E-state index is 0.0364. The first-order valence-corrected chi connectivity index (χ1v) is 10.5. The lowest BCUT2D eigenvalue weighted by atomic mass is 10.1. The molecule has 2 aromatic rings. The maximum atomic E-state index is 12.7. The third kappa shape index (κ3) is 5.84. The zero-order valence-electron chi connectivity index (χ0n) is 15.2. The van der Waals surface area contributed by atoms with Gasteiger partial charge in [0, 0.05) is 12.2 Å². The molecule has 0 fully saturated rings. The lowest BCUT2D eigenvalue weighted by Crippen LogP contribution is -2.24. The van der Waals surface area contributed by atoms with E-state index < -0.39 is 15.9 Å². The van der Waals surface area contributed by atoms with E-state index in [-0.39, 0.29) is 22.0 Å². The van der Waals surface area contributed by atoms with E-state index in [1.807, 2.05) is 12.1 Å². The Balaban J connectivity index is 2.20. The van der Waals surface area contributed by atoms with Gasteiger partial charge in [-0.1, -0.05) is 43.2 Å². The van der Waals surface area contributed by atoms with Gasteiger partial charge in [0.2, 0.25) is 0 Å². The van der Waals surface area contributed by atoms with Crippen molar-refractivity contribution in [2.45, 2.75) is 31.1 Å². The van der Waals surface area contributed by atoms with Crippen LogP contribution >= 0.6 is 11.6 Å². The molecule has 0 aliphatic heterocycles. The van der Waals surface area contributed by atoms with Crippen LogP contribution in [-0.4, -0.2) is 20.9 Å². The molecule has 7 heteroatoms. The van der Waals surface area contributed by atoms with Crippen LogP contribution in [0.1, 0.15) is 35.7 Å². The van der Waals surface area contributed by atoms with Gasteiger partial charge in [0.25, 0.3) is 15.9 Å². The van der Waals surface area contributed by atoms with Gasteiger partial charge in [0.15, 0.2) is 0 Å². The molecule has 27 heavy (non-hydrogen) atoms. The number of aryl methyl sites for hydroxylation is 1. The molecule has 2 aromatic carbocycles. The fraction of sp³-hybridized carbons (Fsp3) is 0.250. The Morgan fingerprint density at radius 1 is 1.19 bits per heavy atom. The average molecular weight is 407 g/mol. The molecule has 0 radical (unpaired) electrons. The largest absolute Gasteiger partial charge is 0.349 e. The molecule has 5 nitrogen and oxygen atoms in total. The predicted octanol–water partition coefficient (Wildman–Crippen LogP) is 4.40. The second-order valence-electron chi connectivity index (χ2n) is 6.05. The van der Waals surface area contributed by atoms with Crippen LogP contribution in [0.4, 0.5) is 5.69 Å². The minimum Gasteiger partial charge on any atom is -0.349 e. The van der Waals surface area contributed by atoms with Gasteiger partial charge in [-0.05, 0) is 48.7 Å². The van der Waals surface area contributed by atoms with Crippen molar-refractivity contribution in [1.29, 1.82) is 0 Å². The van der Waals surface area contributed by atoms with Gasteiger partial charge in [-0.3, -0.25) is 9.52 Å². The van der Waals surface area contributed by atoms with Gasteiger partial charge in [-0.2, -0.15) is 0 Å². The molecule has 0 unspecified atom stereocenters. The number of carbonyl (C=O) groups excluding carboxylic acids is 1. The van der Waals surface area contributed by atoms with Crippen molar-refractivity contribution in [3.63, 3.8) is 0 Å². The minimum atomic E-state index is -3.85. The zero-order valence-corrected chi connectivity index (χ0v) is 16.7. The maximum absolute atomic E-state index is 12.7. The Kier molecular flexibility index (Phi) is 7.45. The predicted molar refractivity (Wildman–Crippen MR) is 110 cm³/mol. The summed E-state index contributed by atoms with van der Waals surface area (Å²) < 4.78 is 27.8. The van der Waals surface area contributed by atoms with Crippen LogP contribution in [0.2, 0.25) is 5.02 Å². The van der Waals surface area contributed by atoms with Crippen molar-refractivity contribution in [2.24, 2.45) is 0 Å². The highest BCUT2D eigenvalue weighted by molar-refractivity contribution is 7.92. The lowest BCUT2D eigenvalue weighted by molar-refractivity contribution is 0.0958. The Morgan fingerprint density at radius 3 is 2.52 bits per heavy atom. The van der Waals surface area contributed by atoms with Crippen LogP contribution in [0.3, 0.4) is 0 Å². The molecule has 0 atom stereocenters. The Morgan fingerprint density at radius 2 is 1.89 bits per heavy atom. The third-order valence-electron chi connectivity index (χ3n) is 3.92. The number of sulfonamides is 1. The standard InChI is InChI=1S/C20H23ClN2O3S/c1-3-5-6-15-7-9-16(10-8-15)23-27(25,26)17-11-12-19(21)18(14-17)20(24)22-13-4-2/h4,7-12,14,23H,2-3,5-6,13H2,1H3,(H,22,24). The summed E-state index contributed by atoms with van der Waals surface area (Å²) in [5, 5.41) is 2.76. The number of carbonyl (C=O) groups is 1. The number of rotatable bonds is 9. The molecule has 0 saturated carbocycles. The first kappa shape index (κ1) is 21.0. The van der Waals surface area contributed by atoms with Gasteiger partial charge >= 0.3 is 0 Å². The van der Waals surface area contributed by atoms with Crippen molar-refractivity contribution in [3.05, 3.63) is 71.3 Å². The normalized spacial score (nSPS) is 11.0. The van der Waals surface area contributed by atoms with Gasteiger partial charge in [0.1, 0.15) is 0 Å². The van der Waals surface area contributed by atoms with Crippen molar-refractivity contribution in [2.75, 3.05) is 11.3 Å². The number of halogens is 1. The topological polar surface area (TPSA) is 75.3 Å². The number of anilines is 1. The van der Waals surface area contributed by atoms with E-state index in [1.165, 1.54) is 24.3 Å². The summed E-state index contributed by atoms with van der Waals surface area (Å²) >= 11 is 6.04. The number of nitrogens with one attached hydrogen (secondary N) is 2. The Hall–Kier alpha value is -2.31. The highest BCUT2D eigenvalue weighted by Gasteiger charge is 2.18. The summed E-state index contributed by atoms with van der Waals surface area (Å²) in [6.45, 7) is 5.91. The maximum Gasteiger partial charge on any atom is 0.261 e. The quantitative estimate of drug-likeness (QED) is 0.606. The Labute approximate surface area is 165 Å². The molecule has 2 N–H and O–H groups in total. The smallest absolute Gasteiger partial charge is 0.261 e. The number of hydrogen-bond acceptors (Lipinski definition) is 3. The molecule has 144 valence electrons. The molecular formula is C20H23ClN2O3S. The van der Waals surface area contributed by atoms with E-state index in [9.17, 15) is 13.2 Å². The third-order valence-corrected chi connectivity index (χ3v) is 5.63. The fourth-order valence-electron chi connectivity index (χ4n) is 2.44. The van der Waals surface area contributed by atoms with Crippen LogP contribution < -0.4 is 10.0 Å². The van der Waals surface area contributed by atoms with E-state index in [1.54, 1.807) is 12.1 Å². The van der Waals surface area contributed by atoms with Gasteiger partial charge in [-0.25, -0.2) is 8.42 Å². The van der Waals surface area contributed by atoms with Crippen LogP contribution in [-0.2, 0) is 16.4 Å². The summed E-state index contributed by atoms with van der Waals surface area (Å²) in [7, 11) is -3.85. The molecule has 0 heterocycles. The highest BCUT2D eigenvalue weighted by atomic mass is 35.5. The lowest BCUT2D eigenvalue weighted by Gasteiger charge is -2.11. The van der Waals surface area contributed by atoms with Crippen molar-refractivity contribution in [1.82, 2.24) is 5.32 Å². The molecule has 2 rings (SSSR count). The summed E-state index contributed by atoms with van der Waals surface area (Å²) in [5.74, 6) is -0.461. The molecule has 0 bridgehead atoms. The van der Waals surface area contributed by atoms with Crippen LogP contribution in [0.5, 0.6) is 0 Å². The molecule has 0 aromatic heterocycles. The van der Waals surface area contributed by atoms with E-state index in [0.29, 0.717) is 5.69 Å². The zero-order chi connectivity index (χ0) is 19.9. The molecule has 1 amide bonds. The summed E-state index contributed by atoms with van der Waals surface area (Å²) in [6, 6.07) is 11.3. The number of hydrogen-bond donors (Lipinski definition) is 2. The number of benzene rings is 2. The molecule has 0 aliphatic rings. The first-order valence-electron chi connectivity index (χ1n) is 8.67. The fourth-order valence-corrected chi connectivity index (χ4v) is 3.73. The number of unbranched alkanes of at least 4 members (excludes halogenated alkanes) is 1. The molecule has 0 saturated heterocycles. The summed E-state index contributed by atoms with van der Waals surface area (Å²) in [5.41, 5.74) is 1.71. The van der Waals surface area contributed by atoms with Crippen molar-refractivity contribution < 1.29 is 13.2 Å². The summed E-state index contributed by atoms with van der Waals surface area (Å²) in [4.78, 5) is 12.1. The van der Waals surface area contributed by atoms with Crippen molar-refractivity contribution >= 4 is 33.2 Å². The van der Waals surface area contributed by atoms with E-state index in [2.05, 4.69) is 23.5 Å². The van der Waals surface area contributed by atoms with Gasteiger partial charge < -0.3 is 5.32 Å². The molecule has 0 aliphatic carbocycles. The summed E-state index contributed by atoms with van der Waals surface area (Å²) in [6.07, 6.45) is 4.68. The SMILES string of the molecule is C=CCNC(=O)c1cc(S(=O)(=O)Nc2ccc(CCCC)cc2)ccc1Cl. The van der Waals surface area contributed by atoms with Crippen LogP contribution in [0, 0.1) is 0 Å². The van der Waals surface area contributed by atoms with Crippen LogP contribution in [0.25, 0.3) is 0 Å².